The van der Waals surface area contributed by atoms with E-state index in [9.17, 15) is 4.79 Å². The maximum Gasteiger partial charge on any atom is 0.337 e. The average molecular weight is 413 g/mol. The number of methoxy groups -OCH3 is 1. The van der Waals surface area contributed by atoms with Crippen LogP contribution < -0.4 is 5.32 Å². The standard InChI is InChI=1S/C21H21BrN2O2/c1-26-21(25)14-7-5-13(6-8-14)12-23-19-4-2-3-16-17-11-15(22)9-10-18(17)24-20(16)19/h5-11,19,23-24H,2-4,12H2,1H3/t19-/m1/s1. The molecule has 0 bridgehead atoms. The summed E-state index contributed by atoms with van der Waals surface area (Å²) in [6.45, 7) is 0.768. The lowest BCUT2D eigenvalue weighted by Gasteiger charge is -2.24. The third-order valence-electron chi connectivity index (χ3n) is 5.10. The molecule has 1 atom stereocenters. The zero-order valence-corrected chi connectivity index (χ0v) is 16.2. The minimum absolute atomic E-state index is 0.300. The number of ether oxygens (including phenoxy) is 1. The third kappa shape index (κ3) is 3.29. The van der Waals surface area contributed by atoms with E-state index in [2.05, 4.69) is 44.4 Å². The van der Waals surface area contributed by atoms with Crippen molar-refractivity contribution in [2.75, 3.05) is 7.11 Å². The first kappa shape index (κ1) is 17.3. The van der Waals surface area contributed by atoms with Gasteiger partial charge in [0.1, 0.15) is 0 Å². The highest BCUT2D eigenvalue weighted by Crippen LogP contribution is 2.35. The first-order chi connectivity index (χ1) is 12.7. The van der Waals surface area contributed by atoms with Gasteiger partial charge >= 0.3 is 5.97 Å². The summed E-state index contributed by atoms with van der Waals surface area (Å²) in [5.41, 5.74) is 5.69. The molecule has 0 saturated heterocycles. The Labute approximate surface area is 161 Å². The number of carbonyl (C=O) groups is 1. The number of esters is 1. The normalized spacial score (nSPS) is 16.5. The number of hydrogen-bond acceptors (Lipinski definition) is 3. The second-order valence-electron chi connectivity index (χ2n) is 6.72. The Morgan fingerprint density at radius 2 is 2.08 bits per heavy atom. The number of aromatic amines is 1. The number of nitrogens with one attached hydrogen (secondary N) is 2. The van der Waals surface area contributed by atoms with Crippen LogP contribution in [0.1, 0.15) is 46.1 Å². The van der Waals surface area contributed by atoms with Crippen LogP contribution in [0.4, 0.5) is 0 Å². The lowest BCUT2D eigenvalue weighted by Crippen LogP contribution is -2.24. The number of aryl methyl sites for hydroxylation is 1. The fraction of sp³-hybridized carbons (Fsp3) is 0.286. The molecule has 0 saturated carbocycles. The second-order valence-corrected chi connectivity index (χ2v) is 7.64. The Morgan fingerprint density at radius 1 is 1.27 bits per heavy atom. The summed E-state index contributed by atoms with van der Waals surface area (Å²) >= 11 is 3.58. The molecule has 0 fully saturated rings. The molecule has 2 N–H and O–H groups in total. The number of carbonyl (C=O) groups excluding carboxylic acids is 1. The lowest BCUT2D eigenvalue weighted by atomic mass is 9.91. The molecule has 0 unspecified atom stereocenters. The van der Waals surface area contributed by atoms with E-state index in [0.29, 0.717) is 11.6 Å². The van der Waals surface area contributed by atoms with Gasteiger partial charge in [0.2, 0.25) is 0 Å². The number of halogens is 1. The van der Waals surface area contributed by atoms with Crippen molar-refractivity contribution in [3.8, 4) is 0 Å². The fourth-order valence-corrected chi connectivity index (χ4v) is 4.12. The highest BCUT2D eigenvalue weighted by molar-refractivity contribution is 9.10. The summed E-state index contributed by atoms with van der Waals surface area (Å²) in [4.78, 5) is 15.1. The molecule has 1 aromatic heterocycles. The van der Waals surface area contributed by atoms with Crippen molar-refractivity contribution in [1.29, 1.82) is 0 Å². The number of hydrogen-bond donors (Lipinski definition) is 2. The molecule has 0 aliphatic heterocycles. The van der Waals surface area contributed by atoms with Gasteiger partial charge in [-0.05, 0) is 60.7 Å². The van der Waals surface area contributed by atoms with Gasteiger partial charge in [0, 0.05) is 33.7 Å². The predicted octanol–water partition coefficient (Wildman–Crippen LogP) is 4.88. The minimum Gasteiger partial charge on any atom is -0.465 e. The van der Waals surface area contributed by atoms with Crippen molar-refractivity contribution in [2.45, 2.75) is 31.8 Å². The van der Waals surface area contributed by atoms with Gasteiger partial charge in [-0.2, -0.15) is 0 Å². The van der Waals surface area contributed by atoms with Crippen LogP contribution in [0.5, 0.6) is 0 Å². The van der Waals surface area contributed by atoms with Crippen LogP contribution in [0.25, 0.3) is 10.9 Å². The molecular weight excluding hydrogens is 392 g/mol. The summed E-state index contributed by atoms with van der Waals surface area (Å²) in [5, 5.41) is 5.00. The van der Waals surface area contributed by atoms with Gasteiger partial charge in [0.15, 0.2) is 0 Å². The summed E-state index contributed by atoms with van der Waals surface area (Å²) in [7, 11) is 1.40. The highest BCUT2D eigenvalue weighted by Gasteiger charge is 2.24. The molecule has 4 rings (SSSR count). The smallest absolute Gasteiger partial charge is 0.337 e. The molecular formula is C21H21BrN2O2. The maximum atomic E-state index is 11.5. The van der Waals surface area contributed by atoms with Gasteiger partial charge in [-0.25, -0.2) is 4.79 Å². The van der Waals surface area contributed by atoms with Crippen molar-refractivity contribution in [2.24, 2.45) is 0 Å². The molecule has 1 aliphatic rings. The van der Waals surface area contributed by atoms with E-state index in [4.69, 9.17) is 4.74 Å². The topological polar surface area (TPSA) is 54.1 Å². The largest absolute Gasteiger partial charge is 0.465 e. The van der Waals surface area contributed by atoms with E-state index in [1.165, 1.54) is 35.7 Å². The van der Waals surface area contributed by atoms with Crippen LogP contribution in [0.2, 0.25) is 0 Å². The van der Waals surface area contributed by atoms with E-state index in [1.807, 2.05) is 24.3 Å². The molecule has 0 radical (unpaired) electrons. The molecule has 1 heterocycles. The summed E-state index contributed by atoms with van der Waals surface area (Å²) in [5.74, 6) is -0.300. The van der Waals surface area contributed by atoms with Crippen LogP contribution >= 0.6 is 15.9 Å². The monoisotopic (exact) mass is 412 g/mol. The summed E-state index contributed by atoms with van der Waals surface area (Å²) in [6, 6.07) is 14.3. The van der Waals surface area contributed by atoms with E-state index in [0.717, 1.165) is 29.4 Å². The van der Waals surface area contributed by atoms with E-state index < -0.39 is 0 Å². The zero-order valence-electron chi connectivity index (χ0n) is 14.6. The summed E-state index contributed by atoms with van der Waals surface area (Å²) in [6.07, 6.45) is 3.43. The van der Waals surface area contributed by atoms with Crippen molar-refractivity contribution < 1.29 is 9.53 Å². The second kappa shape index (κ2) is 7.25. The molecule has 3 aromatic rings. The van der Waals surface area contributed by atoms with Gasteiger partial charge in [0.05, 0.1) is 12.7 Å². The van der Waals surface area contributed by atoms with Crippen molar-refractivity contribution in [1.82, 2.24) is 10.3 Å². The predicted molar refractivity (Wildman–Crippen MR) is 106 cm³/mol. The zero-order chi connectivity index (χ0) is 18.1. The van der Waals surface area contributed by atoms with Gasteiger partial charge < -0.3 is 15.0 Å². The first-order valence-electron chi connectivity index (χ1n) is 8.86. The van der Waals surface area contributed by atoms with Crippen LogP contribution in [0.3, 0.4) is 0 Å². The molecule has 4 nitrogen and oxygen atoms in total. The summed E-state index contributed by atoms with van der Waals surface area (Å²) < 4.78 is 5.86. The van der Waals surface area contributed by atoms with Crippen LogP contribution in [0.15, 0.2) is 46.9 Å². The van der Waals surface area contributed by atoms with Crippen LogP contribution in [-0.4, -0.2) is 18.1 Å². The number of aromatic nitrogens is 1. The first-order valence-corrected chi connectivity index (χ1v) is 9.65. The Kier molecular flexibility index (Phi) is 4.83. The average Bonchev–Trinajstić information content (AvgIpc) is 3.04. The molecule has 1 aliphatic carbocycles. The Morgan fingerprint density at radius 3 is 2.85 bits per heavy atom. The van der Waals surface area contributed by atoms with Crippen LogP contribution in [0, 0.1) is 0 Å². The molecule has 0 spiro atoms. The molecule has 134 valence electrons. The Balaban J connectivity index is 1.52. The molecule has 2 aromatic carbocycles. The quantitative estimate of drug-likeness (QED) is 0.600. The van der Waals surface area contributed by atoms with E-state index in [1.54, 1.807) is 0 Å². The highest BCUT2D eigenvalue weighted by atomic mass is 79.9. The SMILES string of the molecule is COC(=O)c1ccc(CN[C@@H]2CCCc3c2[nH]c2ccc(Br)cc32)cc1. The molecule has 5 heteroatoms. The number of H-pyrrole nitrogens is 1. The van der Waals surface area contributed by atoms with Gasteiger partial charge in [-0.1, -0.05) is 28.1 Å². The van der Waals surface area contributed by atoms with Crippen LogP contribution in [-0.2, 0) is 17.7 Å². The molecule has 0 amide bonds. The number of benzene rings is 2. The van der Waals surface area contributed by atoms with Gasteiger partial charge in [-0.3, -0.25) is 0 Å². The van der Waals surface area contributed by atoms with Crippen molar-refractivity contribution >= 4 is 32.8 Å². The Hall–Kier alpha value is -2.11. The Bertz CT molecular complexity index is 947. The van der Waals surface area contributed by atoms with E-state index >= 15 is 0 Å². The van der Waals surface area contributed by atoms with Gasteiger partial charge in [-0.15, -0.1) is 0 Å². The lowest BCUT2D eigenvalue weighted by molar-refractivity contribution is 0.0600. The van der Waals surface area contributed by atoms with Gasteiger partial charge in [0.25, 0.3) is 0 Å². The minimum atomic E-state index is -0.300. The van der Waals surface area contributed by atoms with E-state index in [-0.39, 0.29) is 5.97 Å². The number of fused-ring (bicyclic) bond motifs is 3. The molecule has 26 heavy (non-hydrogen) atoms. The van der Waals surface area contributed by atoms with Crippen molar-refractivity contribution in [3.05, 3.63) is 69.3 Å². The fourth-order valence-electron chi connectivity index (χ4n) is 3.76. The third-order valence-corrected chi connectivity index (χ3v) is 5.59. The maximum absolute atomic E-state index is 11.5. The number of rotatable bonds is 4. The van der Waals surface area contributed by atoms with Crippen molar-refractivity contribution in [3.63, 3.8) is 0 Å².